The molecule has 0 amide bonds. The molecule has 0 saturated heterocycles. The molecule has 0 aliphatic carbocycles. The molecule has 0 saturated carbocycles. The van der Waals surface area contributed by atoms with E-state index in [1.807, 2.05) is 0 Å². The van der Waals surface area contributed by atoms with Crippen LogP contribution in [0.5, 0.6) is 0 Å². The highest BCUT2D eigenvalue weighted by molar-refractivity contribution is 7.47. The van der Waals surface area contributed by atoms with Crippen molar-refractivity contribution < 1.29 is 37.6 Å². The Morgan fingerprint density at radius 1 is 0.456 bits per heavy atom. The Morgan fingerprint density at radius 3 is 1.21 bits per heavy atom. The maximum atomic E-state index is 12.7. The van der Waals surface area contributed by atoms with Gasteiger partial charge in [-0.15, -0.1) is 0 Å². The van der Waals surface area contributed by atoms with Gasteiger partial charge in [0, 0.05) is 19.4 Å². The highest BCUT2D eigenvalue weighted by atomic mass is 31.2. The van der Waals surface area contributed by atoms with Gasteiger partial charge in [0.05, 0.1) is 13.2 Å². The quantitative estimate of drug-likeness (QED) is 0.0264. The van der Waals surface area contributed by atoms with Crippen molar-refractivity contribution in [2.24, 2.45) is 5.73 Å². The van der Waals surface area contributed by atoms with E-state index in [4.69, 9.17) is 24.3 Å². The normalized spacial score (nSPS) is 13.5. The van der Waals surface area contributed by atoms with Crippen LogP contribution in [-0.2, 0) is 32.7 Å². The smallest absolute Gasteiger partial charge is 0.462 e. The Kier molecular flexibility index (Phi) is 52.2. The molecule has 0 aromatic carbocycles. The van der Waals surface area contributed by atoms with E-state index in [0.29, 0.717) is 6.42 Å². The molecule has 0 aliphatic heterocycles. The number of phosphoric ester groups is 1. The molecule has 0 fully saturated rings. The second kappa shape index (κ2) is 54.1. The first kappa shape index (κ1) is 65.7. The molecular weight excluding hydrogens is 870 g/mol. The SMILES string of the molecule is CC/C=C\C/C=C\C/C=C\C/C=C\C/C=C\CCCCCCCCCCCCCCCCCC(=O)OC(COC(=O)CCCCCCCCCCCCCCCCCC)COP(=O)(O)OCCN. The number of unbranched alkanes of at least 4 members (excludes halogenated alkanes) is 30. The molecule has 0 rings (SSSR count). The molecule has 0 spiro atoms. The number of esters is 2. The fraction of sp³-hybridized carbons (Fsp3) is 0.793. The summed E-state index contributed by atoms with van der Waals surface area (Å²) < 4.78 is 33.0. The van der Waals surface area contributed by atoms with Crippen molar-refractivity contribution in [3.05, 3.63) is 60.8 Å². The van der Waals surface area contributed by atoms with Crippen LogP contribution >= 0.6 is 7.82 Å². The predicted molar refractivity (Wildman–Crippen MR) is 289 cm³/mol. The standard InChI is InChI=1S/C58H106NO8P/c1-3-5-7-9-11-13-15-17-19-21-22-23-24-25-26-27-28-29-30-31-32-33-34-35-37-39-41-43-45-47-49-51-58(61)67-56(55-66-68(62,63)65-53-52-59)54-64-57(60)50-48-46-44-42-40-38-36-20-18-16-14-12-10-8-6-4-2/h5,7,11,13,17,19,22-23,25-26,56H,3-4,6,8-10,12,14-16,18,20-21,24,27-55,59H2,1-2H3,(H,62,63)/b7-5-,13-11-,19-17-,23-22-,26-25-. The van der Waals surface area contributed by atoms with Gasteiger partial charge < -0.3 is 20.1 Å². The Balaban J connectivity index is 3.92. The molecule has 0 heterocycles. The van der Waals surface area contributed by atoms with E-state index in [2.05, 4.69) is 74.6 Å². The molecular formula is C58H106NO8P. The predicted octanol–water partition coefficient (Wildman–Crippen LogP) is 17.6. The number of carbonyl (C=O) groups is 2. The molecule has 0 bridgehead atoms. The number of phosphoric acid groups is 1. The highest BCUT2D eigenvalue weighted by Crippen LogP contribution is 2.43. The molecule has 0 aliphatic rings. The number of ether oxygens (including phenoxy) is 2. The van der Waals surface area contributed by atoms with Gasteiger partial charge in [0.25, 0.3) is 0 Å². The lowest BCUT2D eigenvalue weighted by atomic mass is 10.0. The summed E-state index contributed by atoms with van der Waals surface area (Å²) in [6, 6.07) is 0. The molecule has 2 atom stereocenters. The summed E-state index contributed by atoms with van der Waals surface area (Å²) in [5.74, 6) is -0.817. The first-order valence-electron chi connectivity index (χ1n) is 28.3. The minimum absolute atomic E-state index is 0.0539. The lowest BCUT2D eigenvalue weighted by molar-refractivity contribution is -0.161. The van der Waals surface area contributed by atoms with Crippen molar-refractivity contribution >= 4 is 19.8 Å². The van der Waals surface area contributed by atoms with E-state index < -0.39 is 26.5 Å². The van der Waals surface area contributed by atoms with Gasteiger partial charge in [0.2, 0.25) is 0 Å². The van der Waals surface area contributed by atoms with Crippen LogP contribution in [0.25, 0.3) is 0 Å². The molecule has 0 radical (unpaired) electrons. The van der Waals surface area contributed by atoms with E-state index in [1.54, 1.807) is 0 Å². The zero-order chi connectivity index (χ0) is 49.5. The van der Waals surface area contributed by atoms with Gasteiger partial charge in [-0.05, 0) is 57.8 Å². The van der Waals surface area contributed by atoms with Crippen molar-refractivity contribution in [3.8, 4) is 0 Å². The lowest BCUT2D eigenvalue weighted by Crippen LogP contribution is -2.29. The van der Waals surface area contributed by atoms with Crippen molar-refractivity contribution in [3.63, 3.8) is 0 Å². The van der Waals surface area contributed by atoms with Crippen molar-refractivity contribution in [1.82, 2.24) is 0 Å². The zero-order valence-corrected chi connectivity index (χ0v) is 45.0. The van der Waals surface area contributed by atoms with Crippen LogP contribution in [-0.4, -0.2) is 49.3 Å². The summed E-state index contributed by atoms with van der Waals surface area (Å²) in [6.07, 6.45) is 67.0. The third-order valence-corrected chi connectivity index (χ3v) is 13.2. The van der Waals surface area contributed by atoms with Crippen LogP contribution in [0.3, 0.4) is 0 Å². The van der Waals surface area contributed by atoms with E-state index in [1.165, 1.54) is 161 Å². The van der Waals surface area contributed by atoms with Gasteiger partial charge in [-0.3, -0.25) is 18.6 Å². The van der Waals surface area contributed by atoms with Gasteiger partial charge in [-0.2, -0.15) is 0 Å². The Morgan fingerprint density at radius 2 is 0.809 bits per heavy atom. The van der Waals surface area contributed by atoms with Gasteiger partial charge in [0.15, 0.2) is 6.10 Å². The van der Waals surface area contributed by atoms with Crippen molar-refractivity contribution in [2.45, 2.75) is 270 Å². The molecule has 10 heteroatoms. The Hall–Kier alpha value is -2.29. The Labute approximate surface area is 419 Å². The largest absolute Gasteiger partial charge is 0.472 e. The van der Waals surface area contributed by atoms with Crippen LogP contribution in [0.4, 0.5) is 0 Å². The summed E-state index contributed by atoms with van der Waals surface area (Å²) in [5, 5.41) is 0. The summed E-state index contributed by atoms with van der Waals surface area (Å²) in [4.78, 5) is 35.1. The van der Waals surface area contributed by atoms with Crippen LogP contribution < -0.4 is 5.73 Å². The number of hydrogen-bond donors (Lipinski definition) is 2. The van der Waals surface area contributed by atoms with Gasteiger partial charge in [0.1, 0.15) is 6.61 Å². The molecule has 0 aromatic heterocycles. The summed E-state index contributed by atoms with van der Waals surface area (Å²) in [6.45, 7) is 3.66. The fourth-order valence-corrected chi connectivity index (χ4v) is 8.78. The van der Waals surface area contributed by atoms with Crippen LogP contribution in [0.1, 0.15) is 264 Å². The molecule has 396 valence electrons. The molecule has 0 aromatic rings. The van der Waals surface area contributed by atoms with Gasteiger partial charge in [-0.1, -0.05) is 254 Å². The second-order valence-electron chi connectivity index (χ2n) is 18.8. The Bertz CT molecular complexity index is 1300. The number of allylic oxidation sites excluding steroid dienone is 10. The summed E-state index contributed by atoms with van der Waals surface area (Å²) in [7, 11) is -4.38. The minimum atomic E-state index is -4.38. The lowest BCUT2D eigenvalue weighted by Gasteiger charge is -2.19. The monoisotopic (exact) mass is 976 g/mol. The highest BCUT2D eigenvalue weighted by Gasteiger charge is 2.26. The zero-order valence-electron chi connectivity index (χ0n) is 44.1. The van der Waals surface area contributed by atoms with Crippen LogP contribution in [0.15, 0.2) is 60.8 Å². The number of rotatable bonds is 53. The van der Waals surface area contributed by atoms with Gasteiger partial charge >= 0.3 is 19.8 Å². The van der Waals surface area contributed by atoms with Gasteiger partial charge in [-0.25, -0.2) is 4.57 Å². The third-order valence-electron chi connectivity index (χ3n) is 12.2. The van der Waals surface area contributed by atoms with Crippen molar-refractivity contribution in [2.75, 3.05) is 26.4 Å². The number of nitrogens with two attached hydrogens (primary N) is 1. The topological polar surface area (TPSA) is 134 Å². The van der Waals surface area contributed by atoms with E-state index >= 15 is 0 Å². The molecule has 68 heavy (non-hydrogen) atoms. The van der Waals surface area contributed by atoms with Crippen LogP contribution in [0.2, 0.25) is 0 Å². The molecule has 3 N–H and O–H groups in total. The number of hydrogen-bond acceptors (Lipinski definition) is 8. The minimum Gasteiger partial charge on any atom is -0.462 e. The molecule has 9 nitrogen and oxygen atoms in total. The fourth-order valence-electron chi connectivity index (χ4n) is 8.02. The average Bonchev–Trinajstić information content (AvgIpc) is 3.33. The maximum Gasteiger partial charge on any atom is 0.472 e. The van der Waals surface area contributed by atoms with E-state index in [-0.39, 0.29) is 38.6 Å². The first-order chi connectivity index (χ1) is 33.3. The van der Waals surface area contributed by atoms with Crippen molar-refractivity contribution in [1.29, 1.82) is 0 Å². The summed E-state index contributed by atoms with van der Waals surface area (Å²) in [5.41, 5.74) is 5.38. The summed E-state index contributed by atoms with van der Waals surface area (Å²) >= 11 is 0. The number of carbonyl (C=O) groups excluding carboxylic acids is 2. The van der Waals surface area contributed by atoms with Crippen LogP contribution in [0, 0.1) is 0 Å². The maximum absolute atomic E-state index is 12.7. The first-order valence-corrected chi connectivity index (χ1v) is 29.8. The molecule has 2 unspecified atom stereocenters. The third kappa shape index (κ3) is 53.1. The van der Waals surface area contributed by atoms with E-state index in [0.717, 1.165) is 70.6 Å². The second-order valence-corrected chi connectivity index (χ2v) is 20.2. The van der Waals surface area contributed by atoms with E-state index in [9.17, 15) is 19.0 Å². The average molecular weight is 976 g/mol.